The molecule has 2 rings (SSSR count). The Bertz CT molecular complexity index is 699. The van der Waals surface area contributed by atoms with Gasteiger partial charge < -0.3 is 5.11 Å². The van der Waals surface area contributed by atoms with E-state index in [-0.39, 0.29) is 4.90 Å². The first-order valence-electron chi connectivity index (χ1n) is 5.17. The molecule has 0 spiro atoms. The highest BCUT2D eigenvalue weighted by molar-refractivity contribution is 7.86. The van der Waals surface area contributed by atoms with Crippen LogP contribution >= 0.6 is 0 Å². The van der Waals surface area contributed by atoms with Gasteiger partial charge in [-0.05, 0) is 11.5 Å². The molecule has 0 aliphatic rings. The van der Waals surface area contributed by atoms with Gasteiger partial charge in [0.25, 0.3) is 10.1 Å². The van der Waals surface area contributed by atoms with Gasteiger partial charge in [-0.3, -0.25) is 4.55 Å². The van der Waals surface area contributed by atoms with Crippen molar-refractivity contribution in [2.75, 3.05) is 0 Å². The Kier molecular flexibility index (Phi) is 4.80. The fraction of sp³-hybridized carbons (Fsp3) is 0. The SMILES string of the molecule is C=CC(=O)O.O=S(=O)(O)c1cccc2ccccc12. The van der Waals surface area contributed by atoms with Crippen molar-refractivity contribution in [3.8, 4) is 0 Å². The predicted molar refractivity (Wildman–Crippen MR) is 71.6 cm³/mol. The van der Waals surface area contributed by atoms with E-state index in [0.717, 1.165) is 11.5 Å². The van der Waals surface area contributed by atoms with Crippen molar-refractivity contribution in [3.05, 3.63) is 55.1 Å². The van der Waals surface area contributed by atoms with E-state index in [1.165, 1.54) is 6.07 Å². The summed E-state index contributed by atoms with van der Waals surface area (Å²) >= 11 is 0. The Morgan fingerprint density at radius 1 is 1.11 bits per heavy atom. The van der Waals surface area contributed by atoms with Crippen LogP contribution in [0, 0.1) is 0 Å². The second-order valence-electron chi connectivity index (χ2n) is 3.49. The van der Waals surface area contributed by atoms with Crippen LogP contribution in [0.1, 0.15) is 0 Å². The Morgan fingerprint density at radius 2 is 1.63 bits per heavy atom. The van der Waals surface area contributed by atoms with Crippen LogP contribution in [0.3, 0.4) is 0 Å². The van der Waals surface area contributed by atoms with Crippen molar-refractivity contribution >= 4 is 26.9 Å². The fourth-order valence-electron chi connectivity index (χ4n) is 1.42. The largest absolute Gasteiger partial charge is 0.478 e. The number of rotatable bonds is 2. The summed E-state index contributed by atoms with van der Waals surface area (Å²) in [5.41, 5.74) is 0. The molecule has 100 valence electrons. The van der Waals surface area contributed by atoms with E-state index in [9.17, 15) is 13.2 Å². The first-order chi connectivity index (χ1) is 8.86. The quantitative estimate of drug-likeness (QED) is 0.650. The summed E-state index contributed by atoms with van der Waals surface area (Å²) < 4.78 is 31.0. The molecule has 0 aromatic heterocycles. The summed E-state index contributed by atoms with van der Waals surface area (Å²) in [5, 5.41) is 8.94. The second kappa shape index (κ2) is 6.12. The molecule has 0 aliphatic heterocycles. The molecule has 6 heteroatoms. The van der Waals surface area contributed by atoms with E-state index in [1.807, 2.05) is 6.07 Å². The predicted octanol–water partition coefficient (Wildman–Crippen LogP) is 2.34. The van der Waals surface area contributed by atoms with Crippen LogP contribution in [-0.2, 0) is 14.9 Å². The minimum absolute atomic E-state index is 0.0457. The minimum atomic E-state index is -4.13. The Morgan fingerprint density at radius 3 is 2.16 bits per heavy atom. The zero-order chi connectivity index (χ0) is 14.5. The van der Waals surface area contributed by atoms with Crippen LogP contribution in [0.25, 0.3) is 10.8 Å². The third kappa shape index (κ3) is 4.20. The summed E-state index contributed by atoms with van der Waals surface area (Å²) in [5.74, 6) is -0.981. The van der Waals surface area contributed by atoms with Crippen molar-refractivity contribution in [3.63, 3.8) is 0 Å². The van der Waals surface area contributed by atoms with E-state index >= 15 is 0 Å². The Hall–Kier alpha value is -2.18. The normalized spacial score (nSPS) is 10.4. The molecule has 0 radical (unpaired) electrons. The summed E-state index contributed by atoms with van der Waals surface area (Å²) in [6.45, 7) is 2.96. The number of carbonyl (C=O) groups is 1. The lowest BCUT2D eigenvalue weighted by Gasteiger charge is -2.02. The number of fused-ring (bicyclic) bond motifs is 1. The molecule has 2 aromatic rings. The molecule has 2 N–H and O–H groups in total. The highest BCUT2D eigenvalue weighted by atomic mass is 32.2. The van der Waals surface area contributed by atoms with Gasteiger partial charge in [0, 0.05) is 11.5 Å². The number of benzene rings is 2. The monoisotopic (exact) mass is 280 g/mol. The number of carboxylic acid groups (broad SMARTS) is 1. The summed E-state index contributed by atoms with van der Waals surface area (Å²) in [7, 11) is -4.13. The van der Waals surface area contributed by atoms with Gasteiger partial charge in [-0.15, -0.1) is 0 Å². The van der Waals surface area contributed by atoms with Gasteiger partial charge in [-0.1, -0.05) is 43.0 Å². The molecule has 5 nitrogen and oxygen atoms in total. The molecule has 0 heterocycles. The van der Waals surface area contributed by atoms with E-state index in [2.05, 4.69) is 6.58 Å². The van der Waals surface area contributed by atoms with E-state index in [0.29, 0.717) is 5.39 Å². The third-order valence-electron chi connectivity index (χ3n) is 2.20. The van der Waals surface area contributed by atoms with Gasteiger partial charge in [0.1, 0.15) is 4.90 Å². The highest BCUT2D eigenvalue weighted by Crippen LogP contribution is 2.21. The summed E-state index contributed by atoms with van der Waals surface area (Å²) in [6.07, 6.45) is 0.833. The van der Waals surface area contributed by atoms with Crippen LogP contribution < -0.4 is 0 Å². The van der Waals surface area contributed by atoms with Crippen LogP contribution in [-0.4, -0.2) is 24.0 Å². The average molecular weight is 280 g/mol. The Labute approximate surface area is 110 Å². The molecule has 0 aliphatic carbocycles. The van der Waals surface area contributed by atoms with Crippen molar-refractivity contribution in [1.82, 2.24) is 0 Å². The van der Waals surface area contributed by atoms with Gasteiger partial charge >= 0.3 is 5.97 Å². The van der Waals surface area contributed by atoms with E-state index < -0.39 is 16.1 Å². The van der Waals surface area contributed by atoms with Gasteiger partial charge in [0.15, 0.2) is 0 Å². The molecule has 19 heavy (non-hydrogen) atoms. The molecule has 0 fully saturated rings. The van der Waals surface area contributed by atoms with E-state index in [4.69, 9.17) is 9.66 Å². The molecule has 0 saturated heterocycles. The van der Waals surface area contributed by atoms with Crippen molar-refractivity contribution in [2.24, 2.45) is 0 Å². The van der Waals surface area contributed by atoms with Crippen LogP contribution in [0.5, 0.6) is 0 Å². The topological polar surface area (TPSA) is 91.7 Å². The van der Waals surface area contributed by atoms with Crippen molar-refractivity contribution in [1.29, 1.82) is 0 Å². The number of hydrogen-bond donors (Lipinski definition) is 2. The zero-order valence-corrected chi connectivity index (χ0v) is 10.7. The molecule has 0 bridgehead atoms. The maximum atomic E-state index is 11.0. The molecular formula is C13H12O5S. The maximum absolute atomic E-state index is 11.0. The zero-order valence-electron chi connectivity index (χ0n) is 9.85. The van der Waals surface area contributed by atoms with Crippen molar-refractivity contribution < 1.29 is 22.9 Å². The summed E-state index contributed by atoms with van der Waals surface area (Å²) in [6, 6.07) is 11.8. The standard InChI is InChI=1S/C10H8O3S.C3H4O2/c11-14(12,13)10-7-3-5-8-4-1-2-6-9(8)10;1-2-3(4)5/h1-7H,(H,11,12,13);2H,1H2,(H,4,5). The molecule has 0 saturated carbocycles. The lowest BCUT2D eigenvalue weighted by Crippen LogP contribution is -1.98. The van der Waals surface area contributed by atoms with Gasteiger partial charge in [0.05, 0.1) is 0 Å². The average Bonchev–Trinajstić information content (AvgIpc) is 2.37. The first kappa shape index (κ1) is 14.9. The van der Waals surface area contributed by atoms with E-state index in [1.54, 1.807) is 30.3 Å². The van der Waals surface area contributed by atoms with Crippen LogP contribution in [0.4, 0.5) is 0 Å². The third-order valence-corrected chi connectivity index (χ3v) is 3.11. The number of carboxylic acids is 1. The van der Waals surface area contributed by atoms with Gasteiger partial charge in [0.2, 0.25) is 0 Å². The number of aliphatic carboxylic acids is 1. The lowest BCUT2D eigenvalue weighted by molar-refractivity contribution is -0.131. The molecule has 0 unspecified atom stereocenters. The first-order valence-corrected chi connectivity index (χ1v) is 6.61. The maximum Gasteiger partial charge on any atom is 0.327 e. The lowest BCUT2D eigenvalue weighted by atomic mass is 10.1. The van der Waals surface area contributed by atoms with Crippen LogP contribution in [0.15, 0.2) is 60.0 Å². The second-order valence-corrected chi connectivity index (χ2v) is 4.88. The molecular weight excluding hydrogens is 268 g/mol. The minimum Gasteiger partial charge on any atom is -0.478 e. The smallest absolute Gasteiger partial charge is 0.327 e. The highest BCUT2D eigenvalue weighted by Gasteiger charge is 2.12. The molecule has 0 atom stereocenters. The molecule has 2 aromatic carbocycles. The Balaban J connectivity index is 0.000000312. The van der Waals surface area contributed by atoms with Gasteiger partial charge in [-0.25, -0.2) is 4.79 Å². The van der Waals surface area contributed by atoms with Gasteiger partial charge in [-0.2, -0.15) is 8.42 Å². The molecule has 0 amide bonds. The number of hydrogen-bond acceptors (Lipinski definition) is 3. The fourth-order valence-corrected chi connectivity index (χ4v) is 2.13. The van der Waals surface area contributed by atoms with Crippen LogP contribution in [0.2, 0.25) is 0 Å². The van der Waals surface area contributed by atoms with Crippen molar-refractivity contribution in [2.45, 2.75) is 4.90 Å². The summed E-state index contributed by atoms with van der Waals surface area (Å²) in [4.78, 5) is 9.20.